The molecule has 4 fully saturated rings. The van der Waals surface area contributed by atoms with Crippen LogP contribution in [0.5, 0.6) is 11.5 Å². The average Bonchev–Trinajstić information content (AvgIpc) is 4.05. The Morgan fingerprint density at radius 1 is 0.915 bits per heavy atom. The molecule has 4 heterocycles. The number of nitrogens with zero attached hydrogens (tertiary/aromatic N) is 2. The molecule has 4 aliphatic rings. The molecule has 0 radical (unpaired) electrons. The third-order valence-corrected chi connectivity index (χ3v) is 11.1. The summed E-state index contributed by atoms with van der Waals surface area (Å²) < 4.78 is 68.3. The van der Waals surface area contributed by atoms with E-state index in [0.717, 1.165) is 51.2 Å². The van der Waals surface area contributed by atoms with Gasteiger partial charge in [-0.1, -0.05) is 47.5 Å². The van der Waals surface area contributed by atoms with Crippen molar-refractivity contribution in [1.82, 2.24) is 4.90 Å². The summed E-state index contributed by atoms with van der Waals surface area (Å²) in [5, 5.41) is 15.0. The lowest BCUT2D eigenvalue weighted by Gasteiger charge is -2.44. The molecule has 312 valence electrons. The van der Waals surface area contributed by atoms with Gasteiger partial charge in [0.2, 0.25) is 0 Å². The third-order valence-electron chi connectivity index (χ3n) is 10.5. The summed E-state index contributed by atoms with van der Waals surface area (Å²) >= 11 is 12.7. The fourth-order valence-electron chi connectivity index (χ4n) is 7.16. The van der Waals surface area contributed by atoms with Crippen molar-refractivity contribution in [2.24, 2.45) is 11.8 Å². The molecule has 17 heteroatoms. The molecule has 3 aliphatic heterocycles. The number of hydrogen-bond acceptors (Lipinski definition) is 11. The zero-order valence-corrected chi connectivity index (χ0v) is 33.0. The number of anilines is 1. The number of benzene rings is 3. The van der Waals surface area contributed by atoms with E-state index < -0.39 is 49.1 Å². The van der Waals surface area contributed by atoms with Gasteiger partial charge in [0, 0.05) is 24.2 Å². The van der Waals surface area contributed by atoms with Crippen LogP contribution in [0.15, 0.2) is 79.1 Å². The van der Waals surface area contributed by atoms with Crippen LogP contribution in [0.2, 0.25) is 10.0 Å². The first kappa shape index (κ1) is 41.9. The summed E-state index contributed by atoms with van der Waals surface area (Å²) in [5.41, 5.74) is 1.36. The minimum Gasteiger partial charge on any atom is -0.619 e. The Hall–Kier alpha value is -5.25. The zero-order chi connectivity index (χ0) is 41.6. The maximum absolute atomic E-state index is 13.9. The summed E-state index contributed by atoms with van der Waals surface area (Å²) in [6, 6.07) is 14.5. The van der Waals surface area contributed by atoms with Gasteiger partial charge in [-0.3, -0.25) is 4.90 Å². The largest absolute Gasteiger partial charge is 0.619 e. The minimum absolute atomic E-state index is 0.00718. The molecule has 3 saturated heterocycles. The van der Waals surface area contributed by atoms with E-state index in [0.29, 0.717) is 22.5 Å². The van der Waals surface area contributed by atoms with Crippen molar-refractivity contribution < 1.29 is 56.0 Å². The van der Waals surface area contributed by atoms with E-state index in [1.807, 2.05) is 0 Å². The van der Waals surface area contributed by atoms with Gasteiger partial charge in [-0.2, -0.15) is 13.5 Å². The molecule has 1 saturated carbocycles. The van der Waals surface area contributed by atoms with E-state index in [9.17, 15) is 32.8 Å². The molecular formula is C42H40Cl2F3N3O9. The Kier molecular flexibility index (Phi) is 13.3. The minimum atomic E-state index is -3.13. The number of pyridine rings is 1. The second kappa shape index (κ2) is 18.8. The first-order valence-corrected chi connectivity index (χ1v) is 19.8. The van der Waals surface area contributed by atoms with Crippen molar-refractivity contribution in [2.45, 2.75) is 57.0 Å². The lowest BCUT2D eigenvalue weighted by atomic mass is 9.86. The van der Waals surface area contributed by atoms with Crippen molar-refractivity contribution in [3.63, 3.8) is 0 Å². The molecule has 2 bridgehead atoms. The maximum atomic E-state index is 13.9. The highest BCUT2D eigenvalue weighted by Crippen LogP contribution is 2.38. The Morgan fingerprint density at radius 3 is 2.29 bits per heavy atom. The summed E-state index contributed by atoms with van der Waals surface area (Å²) in [7, 11) is 0. The van der Waals surface area contributed by atoms with E-state index in [4.69, 9.17) is 42.1 Å². The Bertz CT molecular complexity index is 2130. The van der Waals surface area contributed by atoms with Crippen LogP contribution in [-0.2, 0) is 30.2 Å². The Morgan fingerprint density at radius 2 is 1.63 bits per heavy atom. The summed E-state index contributed by atoms with van der Waals surface area (Å²) in [4.78, 5) is 42.5. The fourth-order valence-corrected chi connectivity index (χ4v) is 7.76. The number of alkyl halides is 2. The molecule has 0 spiro atoms. The van der Waals surface area contributed by atoms with Gasteiger partial charge in [-0.05, 0) is 104 Å². The molecule has 3 aromatic carbocycles. The molecule has 2 unspecified atom stereocenters. The van der Waals surface area contributed by atoms with Gasteiger partial charge in [-0.25, -0.2) is 18.8 Å². The number of fused-ring (bicyclic) bond motifs is 3. The van der Waals surface area contributed by atoms with Gasteiger partial charge in [0.05, 0.1) is 12.2 Å². The van der Waals surface area contributed by atoms with Crippen LogP contribution in [0, 0.1) is 22.9 Å². The predicted octanol–water partition coefficient (Wildman–Crippen LogP) is 7.63. The molecule has 12 nitrogen and oxygen atoms in total. The molecule has 1 N–H and O–H groups in total. The van der Waals surface area contributed by atoms with Crippen LogP contribution >= 0.6 is 23.2 Å². The molecule has 59 heavy (non-hydrogen) atoms. The number of ether oxygens (including phenoxy) is 5. The molecule has 3 atom stereocenters. The maximum Gasteiger partial charge on any atom is 0.387 e. The molecule has 4 aromatic rings. The molecule has 8 rings (SSSR count). The number of piperidine rings is 3. The van der Waals surface area contributed by atoms with Crippen LogP contribution in [0.25, 0.3) is 0 Å². The fraction of sp³-hybridized carbons (Fsp3) is 0.381. The standard InChI is InChI=1S/C42H40Cl2F3N3O9/c43-32-19-50(54)20-33(44)31(32)18-35(27-8-11-34(59-42(46)47)36(17-27)55-22-24-4-5-24)57-38(51)23-56-40(52)28-2-1-3-30(16-28)48-39(26-6-9-29(45)10-7-26)41(53)58-37-21-49-14-12-25(37)13-15-49/h1-3,6-11,16-17,19-20,24-25,35,37,39,42,48H,4-5,12-15,18,21-23H2/t35?,37-,39?/m0/s1. The monoisotopic (exact) mass is 857 g/mol. The summed E-state index contributed by atoms with van der Waals surface area (Å²) in [5.74, 6) is -2.61. The van der Waals surface area contributed by atoms with Crippen LogP contribution in [0.3, 0.4) is 0 Å². The van der Waals surface area contributed by atoms with Gasteiger partial charge < -0.3 is 34.2 Å². The average molecular weight is 859 g/mol. The number of hydrogen-bond donors (Lipinski definition) is 1. The van der Waals surface area contributed by atoms with Crippen molar-refractivity contribution >= 4 is 46.8 Å². The first-order chi connectivity index (χ1) is 28.4. The van der Waals surface area contributed by atoms with Crippen molar-refractivity contribution in [2.75, 3.05) is 38.2 Å². The SMILES string of the molecule is O=C(COC(=O)c1cccc(NC(C(=O)O[C@H]2CN3CCC2CC3)c2ccc(F)cc2)c1)OC(Cc1c(Cl)c[n+]([O-])cc1Cl)c1ccc(OC(F)F)c(OCC2CC2)c1. The van der Waals surface area contributed by atoms with Crippen LogP contribution in [0.1, 0.15) is 64.9 Å². The molecule has 1 aliphatic carbocycles. The van der Waals surface area contributed by atoms with Gasteiger partial charge in [-0.15, -0.1) is 0 Å². The quantitative estimate of drug-likeness (QED) is 0.0486. The van der Waals surface area contributed by atoms with E-state index in [-0.39, 0.29) is 69.2 Å². The number of carbonyl (C=O) groups excluding carboxylic acids is 3. The third kappa shape index (κ3) is 11.1. The second-order valence-electron chi connectivity index (χ2n) is 14.7. The van der Waals surface area contributed by atoms with Crippen molar-refractivity contribution in [3.8, 4) is 11.5 Å². The topological polar surface area (TPSA) is 140 Å². The molecule has 0 amide bonds. The van der Waals surface area contributed by atoms with Gasteiger partial charge in [0.15, 0.2) is 36.5 Å². The smallest absolute Gasteiger partial charge is 0.387 e. The Labute approximate surface area is 347 Å². The number of esters is 3. The van der Waals surface area contributed by atoms with Crippen molar-refractivity contribution in [1.29, 1.82) is 0 Å². The van der Waals surface area contributed by atoms with E-state index in [1.54, 1.807) is 12.1 Å². The van der Waals surface area contributed by atoms with Crippen LogP contribution < -0.4 is 19.5 Å². The van der Waals surface area contributed by atoms with E-state index in [1.165, 1.54) is 54.6 Å². The second-order valence-corrected chi connectivity index (χ2v) is 15.5. The number of carbonyl (C=O) groups is 3. The van der Waals surface area contributed by atoms with E-state index in [2.05, 4.69) is 15.0 Å². The van der Waals surface area contributed by atoms with Gasteiger partial charge in [0.25, 0.3) is 0 Å². The van der Waals surface area contributed by atoms with Gasteiger partial charge >= 0.3 is 24.5 Å². The number of halogens is 5. The summed E-state index contributed by atoms with van der Waals surface area (Å²) in [6.45, 7) is -1.14. The highest BCUT2D eigenvalue weighted by atomic mass is 35.5. The molecule has 1 aromatic heterocycles. The normalized spacial score (nSPS) is 19.4. The highest BCUT2D eigenvalue weighted by molar-refractivity contribution is 6.35. The van der Waals surface area contributed by atoms with Crippen LogP contribution in [-0.4, -0.2) is 68.4 Å². The van der Waals surface area contributed by atoms with E-state index >= 15 is 0 Å². The first-order valence-electron chi connectivity index (χ1n) is 19.1. The summed E-state index contributed by atoms with van der Waals surface area (Å²) in [6.07, 6.45) is 4.25. The van der Waals surface area contributed by atoms with Crippen LogP contribution in [0.4, 0.5) is 18.9 Å². The number of nitrogens with one attached hydrogen (secondary N) is 1. The van der Waals surface area contributed by atoms with Crippen molar-refractivity contribution in [3.05, 3.63) is 122 Å². The zero-order valence-electron chi connectivity index (χ0n) is 31.5. The number of rotatable bonds is 17. The Balaban J connectivity index is 1.05. The highest BCUT2D eigenvalue weighted by Gasteiger charge is 2.38. The number of aromatic nitrogens is 1. The predicted molar refractivity (Wildman–Crippen MR) is 208 cm³/mol. The van der Waals surface area contributed by atoms with Gasteiger partial charge in [0.1, 0.15) is 28.1 Å². The lowest BCUT2D eigenvalue weighted by molar-refractivity contribution is -0.605. The lowest BCUT2D eigenvalue weighted by Crippen LogP contribution is -2.52. The molecular weight excluding hydrogens is 818 g/mol.